The van der Waals surface area contributed by atoms with Crippen LogP contribution in [0.3, 0.4) is 0 Å². The zero-order valence-corrected chi connectivity index (χ0v) is 14.2. The van der Waals surface area contributed by atoms with Crippen molar-refractivity contribution < 1.29 is 0 Å². The van der Waals surface area contributed by atoms with Crippen molar-refractivity contribution in [1.82, 2.24) is 9.55 Å². The van der Waals surface area contributed by atoms with E-state index >= 15 is 0 Å². The van der Waals surface area contributed by atoms with Gasteiger partial charge in [0.1, 0.15) is 16.6 Å². The number of hydrogen-bond acceptors (Lipinski definition) is 5. The van der Waals surface area contributed by atoms with Gasteiger partial charge in [-0.15, -0.1) is 22.7 Å². The van der Waals surface area contributed by atoms with E-state index in [1.165, 1.54) is 22.7 Å². The first-order chi connectivity index (χ1) is 11.3. The maximum absolute atomic E-state index is 9.57. The standard InChI is InChI=1S/C17H9N3S3/c18-9-11(16-19-12-5-1-3-7-14(12)22-16)10-20-13-6-2-4-8-15(13)23-17(20)21/h1-8,10H/b11-10+. The van der Waals surface area contributed by atoms with Gasteiger partial charge >= 0.3 is 0 Å². The Hall–Kier alpha value is -2.33. The third-order valence-corrected chi connectivity index (χ3v) is 5.87. The van der Waals surface area contributed by atoms with E-state index in [1.807, 2.05) is 53.1 Å². The Morgan fingerprint density at radius 1 is 1.09 bits per heavy atom. The summed E-state index contributed by atoms with van der Waals surface area (Å²) >= 11 is 8.50. The molecule has 110 valence electrons. The van der Waals surface area contributed by atoms with Crippen LogP contribution in [0.1, 0.15) is 5.01 Å². The molecule has 0 amide bonds. The molecule has 3 nitrogen and oxygen atoms in total. The third-order valence-electron chi connectivity index (χ3n) is 3.42. The molecule has 4 rings (SSSR count). The summed E-state index contributed by atoms with van der Waals surface area (Å²) in [7, 11) is 0. The summed E-state index contributed by atoms with van der Waals surface area (Å²) in [6, 6.07) is 18.1. The predicted octanol–water partition coefficient (Wildman–Crippen LogP) is 5.56. The molecule has 0 radical (unpaired) electrons. The first kappa shape index (κ1) is 14.3. The van der Waals surface area contributed by atoms with Gasteiger partial charge in [-0.3, -0.25) is 4.57 Å². The fourth-order valence-corrected chi connectivity index (χ4v) is 4.56. The van der Waals surface area contributed by atoms with Gasteiger partial charge in [0, 0.05) is 6.20 Å². The van der Waals surface area contributed by atoms with E-state index in [2.05, 4.69) is 11.1 Å². The highest BCUT2D eigenvalue weighted by Gasteiger charge is 2.10. The molecule has 4 aromatic rings. The minimum absolute atomic E-state index is 0.519. The lowest BCUT2D eigenvalue weighted by Gasteiger charge is -1.98. The number of para-hydroxylation sites is 2. The number of fused-ring (bicyclic) bond motifs is 2. The van der Waals surface area contributed by atoms with Crippen molar-refractivity contribution in [2.24, 2.45) is 0 Å². The van der Waals surface area contributed by atoms with Crippen LogP contribution in [0.2, 0.25) is 0 Å². The Bertz CT molecular complexity index is 1120. The van der Waals surface area contributed by atoms with Crippen LogP contribution in [0.4, 0.5) is 0 Å². The maximum atomic E-state index is 9.57. The summed E-state index contributed by atoms with van der Waals surface area (Å²) in [6.45, 7) is 0. The van der Waals surface area contributed by atoms with Crippen molar-refractivity contribution >= 4 is 67.1 Å². The number of rotatable bonds is 2. The zero-order valence-electron chi connectivity index (χ0n) is 11.8. The molecule has 0 aliphatic rings. The van der Waals surface area contributed by atoms with Crippen molar-refractivity contribution in [3.8, 4) is 6.07 Å². The zero-order chi connectivity index (χ0) is 15.8. The molecular weight excluding hydrogens is 342 g/mol. The number of aromatic nitrogens is 2. The van der Waals surface area contributed by atoms with Crippen molar-refractivity contribution in [2.45, 2.75) is 0 Å². The van der Waals surface area contributed by atoms with Gasteiger partial charge in [0.05, 0.1) is 20.4 Å². The van der Waals surface area contributed by atoms with Crippen molar-refractivity contribution in [1.29, 1.82) is 5.26 Å². The predicted molar refractivity (Wildman–Crippen MR) is 100 cm³/mol. The molecular formula is C17H9N3S3. The second kappa shape index (κ2) is 5.70. The average molecular weight is 351 g/mol. The SMILES string of the molecule is N#C/C(=C\n1c(=S)sc2ccccc21)c1nc2ccccc2s1. The summed E-state index contributed by atoms with van der Waals surface area (Å²) in [5.74, 6) is 0. The van der Waals surface area contributed by atoms with Crippen molar-refractivity contribution in [3.05, 3.63) is 57.5 Å². The molecule has 0 bridgehead atoms. The number of hydrogen-bond donors (Lipinski definition) is 0. The first-order valence-corrected chi connectivity index (χ1v) is 8.88. The van der Waals surface area contributed by atoms with Crippen LogP contribution in [0, 0.1) is 15.3 Å². The van der Waals surface area contributed by atoms with Crippen LogP contribution in [-0.2, 0) is 0 Å². The van der Waals surface area contributed by atoms with Gasteiger partial charge in [-0.25, -0.2) is 4.98 Å². The second-order valence-electron chi connectivity index (χ2n) is 4.85. The van der Waals surface area contributed by atoms with Crippen LogP contribution in [0.5, 0.6) is 0 Å². The number of nitriles is 1. The van der Waals surface area contributed by atoms with E-state index in [0.29, 0.717) is 10.6 Å². The monoisotopic (exact) mass is 351 g/mol. The van der Waals surface area contributed by atoms with Crippen LogP contribution >= 0.6 is 34.9 Å². The number of allylic oxidation sites excluding steroid dienone is 1. The summed E-state index contributed by atoms with van der Waals surface area (Å²) in [4.78, 5) is 4.56. The van der Waals surface area contributed by atoms with Crippen LogP contribution in [-0.4, -0.2) is 9.55 Å². The van der Waals surface area contributed by atoms with Gasteiger partial charge in [-0.2, -0.15) is 5.26 Å². The molecule has 0 aliphatic carbocycles. The lowest BCUT2D eigenvalue weighted by molar-refractivity contribution is 1.22. The Morgan fingerprint density at radius 2 is 1.83 bits per heavy atom. The van der Waals surface area contributed by atoms with E-state index in [1.54, 1.807) is 6.20 Å². The Labute approximate surface area is 145 Å². The fourth-order valence-electron chi connectivity index (χ4n) is 2.35. The lowest BCUT2D eigenvalue weighted by Crippen LogP contribution is -1.88. The molecule has 0 N–H and O–H groups in total. The number of thiazole rings is 2. The lowest BCUT2D eigenvalue weighted by atomic mass is 10.3. The largest absolute Gasteiger partial charge is 0.297 e. The molecule has 0 aliphatic heterocycles. The van der Waals surface area contributed by atoms with Gasteiger partial charge in [0.15, 0.2) is 3.95 Å². The van der Waals surface area contributed by atoms with E-state index in [9.17, 15) is 5.26 Å². The highest BCUT2D eigenvalue weighted by molar-refractivity contribution is 7.73. The van der Waals surface area contributed by atoms with Crippen LogP contribution in [0.15, 0.2) is 48.5 Å². The summed E-state index contributed by atoms with van der Waals surface area (Å²) < 4.78 is 4.79. The molecule has 0 saturated heterocycles. The Kier molecular flexibility index (Phi) is 3.54. The molecule has 0 atom stereocenters. The summed E-state index contributed by atoms with van der Waals surface area (Å²) in [5, 5.41) is 10.3. The van der Waals surface area contributed by atoms with Gasteiger partial charge in [-0.05, 0) is 36.5 Å². The molecule has 6 heteroatoms. The minimum Gasteiger partial charge on any atom is -0.297 e. The van der Waals surface area contributed by atoms with E-state index < -0.39 is 0 Å². The smallest absolute Gasteiger partial charge is 0.166 e. The molecule has 2 aromatic carbocycles. The molecule has 2 heterocycles. The highest BCUT2D eigenvalue weighted by Crippen LogP contribution is 2.29. The number of nitrogens with zero attached hydrogens (tertiary/aromatic N) is 3. The first-order valence-electron chi connectivity index (χ1n) is 6.84. The van der Waals surface area contributed by atoms with Crippen molar-refractivity contribution in [2.75, 3.05) is 0 Å². The van der Waals surface area contributed by atoms with Crippen molar-refractivity contribution in [3.63, 3.8) is 0 Å². The van der Waals surface area contributed by atoms with Gasteiger partial charge < -0.3 is 0 Å². The van der Waals surface area contributed by atoms with Gasteiger partial charge in [0.2, 0.25) is 0 Å². The third kappa shape index (κ3) is 2.49. The molecule has 0 saturated carbocycles. The van der Waals surface area contributed by atoms with E-state index in [4.69, 9.17) is 12.2 Å². The average Bonchev–Trinajstić information content (AvgIpc) is 3.13. The summed E-state index contributed by atoms with van der Waals surface area (Å²) in [6.07, 6.45) is 1.79. The van der Waals surface area contributed by atoms with Gasteiger partial charge in [-0.1, -0.05) is 24.3 Å². The van der Waals surface area contributed by atoms with E-state index in [0.717, 1.165) is 24.4 Å². The van der Waals surface area contributed by atoms with Gasteiger partial charge in [0.25, 0.3) is 0 Å². The van der Waals surface area contributed by atoms with E-state index in [-0.39, 0.29) is 0 Å². The molecule has 23 heavy (non-hydrogen) atoms. The van der Waals surface area contributed by atoms with Crippen LogP contribution in [0.25, 0.3) is 32.2 Å². The second-order valence-corrected chi connectivity index (χ2v) is 7.55. The quantitative estimate of drug-likeness (QED) is 0.350. The summed E-state index contributed by atoms with van der Waals surface area (Å²) in [5.41, 5.74) is 2.44. The fraction of sp³-hybridized carbons (Fsp3) is 0. The normalized spacial score (nSPS) is 11.9. The Morgan fingerprint density at radius 3 is 2.61 bits per heavy atom. The highest BCUT2D eigenvalue weighted by atomic mass is 32.1. The topological polar surface area (TPSA) is 41.6 Å². The molecule has 0 fully saturated rings. The molecule has 0 unspecified atom stereocenters. The number of benzene rings is 2. The molecule has 0 spiro atoms. The Balaban J connectivity index is 1.92. The molecule has 2 aromatic heterocycles. The maximum Gasteiger partial charge on any atom is 0.166 e. The van der Waals surface area contributed by atoms with Crippen LogP contribution < -0.4 is 0 Å². The minimum atomic E-state index is 0.519.